The van der Waals surface area contributed by atoms with E-state index in [1.807, 2.05) is 53.6 Å². The molecule has 2 amide bonds. The van der Waals surface area contributed by atoms with E-state index < -0.39 is 95.3 Å². The molecule has 15 atom stereocenters. The van der Waals surface area contributed by atoms with Gasteiger partial charge in [0.05, 0.1) is 36.4 Å². The molecule has 3 N–H and O–H groups in total. The topological polar surface area (TPSA) is 183 Å². The Balaban J connectivity index is 2.15. The van der Waals surface area contributed by atoms with Gasteiger partial charge < -0.3 is 53.8 Å². The lowest BCUT2D eigenvalue weighted by Crippen LogP contribution is -2.60. The lowest BCUT2D eigenvalue weighted by molar-refractivity contribution is -0.298. The van der Waals surface area contributed by atoms with Crippen LogP contribution in [-0.4, -0.2) is 150 Å². The van der Waals surface area contributed by atoms with Crippen molar-refractivity contribution in [1.82, 2.24) is 15.1 Å². The number of carbonyl (C=O) groups is 4. The van der Waals surface area contributed by atoms with Crippen molar-refractivity contribution in [3.05, 3.63) is 0 Å². The number of hydrogen-bond acceptors (Lipinski definition) is 13. The van der Waals surface area contributed by atoms with Crippen molar-refractivity contribution in [3.8, 4) is 0 Å². The predicted octanol–water partition coefficient (Wildman–Crippen LogP) is 3.45. The van der Waals surface area contributed by atoms with Gasteiger partial charge in [-0.3, -0.25) is 19.2 Å². The molecule has 57 heavy (non-hydrogen) atoms. The minimum absolute atomic E-state index is 0.127. The smallest absolute Gasteiger partial charge is 0.308 e. The van der Waals surface area contributed by atoms with Gasteiger partial charge in [-0.15, -0.1) is 0 Å². The van der Waals surface area contributed by atoms with E-state index in [1.165, 1.54) is 6.92 Å². The third-order valence-corrected chi connectivity index (χ3v) is 12.1. The molecular weight excluding hydrogens is 738 g/mol. The van der Waals surface area contributed by atoms with Gasteiger partial charge in [0.25, 0.3) is 0 Å². The van der Waals surface area contributed by atoms with Gasteiger partial charge >= 0.3 is 11.9 Å². The molecule has 3 heterocycles. The highest BCUT2D eigenvalue weighted by Gasteiger charge is 2.52. The highest BCUT2D eigenvalue weighted by Crippen LogP contribution is 2.43. The molecule has 3 aliphatic rings. The molecule has 15 heteroatoms. The van der Waals surface area contributed by atoms with Crippen LogP contribution in [0.25, 0.3) is 0 Å². The van der Waals surface area contributed by atoms with Gasteiger partial charge in [-0.25, -0.2) is 0 Å². The number of rotatable bonds is 9. The molecule has 15 nitrogen and oxygen atoms in total. The second-order valence-corrected chi connectivity index (χ2v) is 19.0. The second-order valence-electron chi connectivity index (χ2n) is 19.0. The Morgan fingerprint density at radius 2 is 1.67 bits per heavy atom. The first-order valence-corrected chi connectivity index (χ1v) is 20.7. The number of aliphatic hydroxyl groups is 2. The number of amides is 2. The normalized spacial score (nSPS) is 40.6. The first kappa shape index (κ1) is 49.0. The molecule has 0 aromatic rings. The van der Waals surface area contributed by atoms with Gasteiger partial charge in [0.2, 0.25) is 11.8 Å². The van der Waals surface area contributed by atoms with E-state index in [2.05, 4.69) is 5.32 Å². The largest absolute Gasteiger partial charge is 0.460 e. The van der Waals surface area contributed by atoms with Gasteiger partial charge in [-0.1, -0.05) is 20.8 Å². The summed E-state index contributed by atoms with van der Waals surface area (Å²) in [6.45, 7) is 19.9. The lowest BCUT2D eigenvalue weighted by Gasteiger charge is -2.49. The monoisotopic (exact) mass is 814 g/mol. The molecule has 0 saturated carbocycles. The van der Waals surface area contributed by atoms with Crippen molar-refractivity contribution in [3.63, 3.8) is 0 Å². The quantitative estimate of drug-likeness (QED) is 0.288. The van der Waals surface area contributed by atoms with Crippen molar-refractivity contribution in [2.45, 2.75) is 186 Å². The van der Waals surface area contributed by atoms with Crippen molar-refractivity contribution in [2.24, 2.45) is 23.7 Å². The number of methoxy groups -OCH3 is 1. The van der Waals surface area contributed by atoms with Crippen LogP contribution in [0.2, 0.25) is 0 Å². The fourth-order valence-electron chi connectivity index (χ4n) is 9.37. The van der Waals surface area contributed by atoms with Crippen molar-refractivity contribution in [1.29, 1.82) is 0 Å². The first-order chi connectivity index (χ1) is 26.2. The van der Waals surface area contributed by atoms with Crippen LogP contribution in [0.3, 0.4) is 0 Å². The number of ether oxygens (including phenoxy) is 6. The summed E-state index contributed by atoms with van der Waals surface area (Å²) in [7, 11) is 7.01. The van der Waals surface area contributed by atoms with E-state index in [1.54, 1.807) is 53.7 Å². The van der Waals surface area contributed by atoms with E-state index in [4.69, 9.17) is 28.4 Å². The molecule has 0 aromatic carbocycles. The summed E-state index contributed by atoms with van der Waals surface area (Å²) in [5.74, 6) is -3.73. The molecular formula is C42H75N3O12. The molecule has 3 aliphatic heterocycles. The highest BCUT2D eigenvalue weighted by molar-refractivity contribution is 5.83. The Morgan fingerprint density at radius 3 is 2.23 bits per heavy atom. The molecule has 0 bridgehead atoms. The van der Waals surface area contributed by atoms with Gasteiger partial charge in [0.1, 0.15) is 17.3 Å². The minimum atomic E-state index is -1.53. The summed E-state index contributed by atoms with van der Waals surface area (Å²) in [5.41, 5.74) is -3.20. The van der Waals surface area contributed by atoms with Gasteiger partial charge in [-0.2, -0.15) is 0 Å². The average molecular weight is 814 g/mol. The van der Waals surface area contributed by atoms with Crippen LogP contribution in [-0.2, 0) is 47.6 Å². The average Bonchev–Trinajstić information content (AvgIpc) is 3.06. The summed E-state index contributed by atoms with van der Waals surface area (Å²) in [5, 5.41) is 27.2. The summed E-state index contributed by atoms with van der Waals surface area (Å²) in [6, 6.07) is -1.12. The van der Waals surface area contributed by atoms with Crippen LogP contribution in [0, 0.1) is 23.7 Å². The number of nitrogens with one attached hydrogen (secondary N) is 1. The molecule has 0 aromatic heterocycles. The summed E-state index contributed by atoms with van der Waals surface area (Å²) < 4.78 is 36.8. The maximum Gasteiger partial charge on any atom is 0.308 e. The number of carbonyl (C=O) groups excluding carboxylic acids is 4. The van der Waals surface area contributed by atoms with Crippen LogP contribution < -0.4 is 5.32 Å². The third-order valence-electron chi connectivity index (χ3n) is 12.1. The molecule has 3 rings (SSSR count). The molecule has 0 unspecified atom stereocenters. The maximum atomic E-state index is 14.5. The summed E-state index contributed by atoms with van der Waals surface area (Å²) in [6.07, 6.45) is -3.97. The highest BCUT2D eigenvalue weighted by atomic mass is 16.7. The Morgan fingerprint density at radius 1 is 1.04 bits per heavy atom. The Labute approximate surface area is 341 Å². The predicted molar refractivity (Wildman–Crippen MR) is 213 cm³/mol. The SMILES string of the molecule is CO[C@]1(C)C[C@H](C[C@H]2[C@H](C)[C@@H](O[C@@H]3O[C@H](C)C[C@H](N(C)C)[C@H]3O)[C@](C)(O)C[C@@H](C)CN(C)C(=O)C[C@H](CC(=O)OC(C)(C)C)NC(=O)[C@@H]2C)O[C@@H](C)[C@@H]1OC(C)=O. The van der Waals surface area contributed by atoms with Crippen molar-refractivity contribution < 1.29 is 57.8 Å². The molecule has 3 fully saturated rings. The van der Waals surface area contributed by atoms with Gasteiger partial charge in [-0.05, 0) is 99.6 Å². The first-order valence-electron chi connectivity index (χ1n) is 20.7. The summed E-state index contributed by atoms with van der Waals surface area (Å²) in [4.78, 5) is 56.9. The Bertz CT molecular complexity index is 1370. The standard InChI is InChI=1S/C42H75N3O12/c1-23-20-41(10,51)36(56-39-35(49)32(44(12)13)16-24(2)53-39)25(3)31(19-30-21-42(11,52-15)37(27(5)54-30)55-28(6)46)26(4)38(50)43-29(17-33(47)45(14)22-23)18-34(48)57-40(7,8)9/h23-27,29-32,35-37,39,49,51H,16-22H2,1-15H3,(H,43,50)/t23-,24-,25+,26-,27+,29-,30+,31+,32+,35-,36-,37+,39+,41-,42-/m1/s1. The maximum absolute atomic E-state index is 14.5. The van der Waals surface area contributed by atoms with Crippen LogP contribution in [0.1, 0.15) is 115 Å². The van der Waals surface area contributed by atoms with Crippen LogP contribution in [0.4, 0.5) is 0 Å². The van der Waals surface area contributed by atoms with Gasteiger partial charge in [0, 0.05) is 58.5 Å². The molecule has 0 radical (unpaired) electrons. The number of nitrogens with zero attached hydrogens (tertiary/aromatic N) is 2. The zero-order chi connectivity index (χ0) is 43.4. The third kappa shape index (κ3) is 13.3. The number of aliphatic hydroxyl groups excluding tert-OH is 1. The van der Waals surface area contributed by atoms with Gasteiger partial charge in [0.15, 0.2) is 12.4 Å². The van der Waals surface area contributed by atoms with E-state index in [9.17, 15) is 29.4 Å². The lowest BCUT2D eigenvalue weighted by atomic mass is 9.70. The second kappa shape index (κ2) is 19.8. The zero-order valence-corrected chi connectivity index (χ0v) is 37.3. The fraction of sp³-hybridized carbons (Fsp3) is 0.905. The van der Waals surface area contributed by atoms with Crippen LogP contribution in [0.15, 0.2) is 0 Å². The summed E-state index contributed by atoms with van der Waals surface area (Å²) >= 11 is 0. The number of likely N-dealkylation sites (N-methyl/N-ethyl adjacent to an activating group) is 1. The molecule has 3 saturated heterocycles. The number of hydrogen-bond donors (Lipinski definition) is 3. The van der Waals surface area contributed by atoms with Crippen molar-refractivity contribution >= 4 is 23.8 Å². The van der Waals surface area contributed by atoms with E-state index in [0.717, 1.165) is 0 Å². The Kier molecular flexibility index (Phi) is 17.0. The number of esters is 2. The van der Waals surface area contributed by atoms with Crippen molar-refractivity contribution in [2.75, 3.05) is 34.8 Å². The molecule has 0 spiro atoms. The van der Waals surface area contributed by atoms with E-state index in [-0.39, 0.29) is 49.8 Å². The fourth-order valence-corrected chi connectivity index (χ4v) is 9.37. The zero-order valence-electron chi connectivity index (χ0n) is 37.3. The van der Waals surface area contributed by atoms with Crippen LogP contribution >= 0.6 is 0 Å². The Hall–Kier alpha value is -2.40. The van der Waals surface area contributed by atoms with Crippen LogP contribution in [0.5, 0.6) is 0 Å². The van der Waals surface area contributed by atoms with E-state index in [0.29, 0.717) is 19.3 Å². The van der Waals surface area contributed by atoms with E-state index >= 15 is 0 Å². The molecule has 330 valence electrons. The molecule has 0 aliphatic carbocycles. The minimum Gasteiger partial charge on any atom is -0.460 e.